The van der Waals surface area contributed by atoms with E-state index in [1.807, 2.05) is 60.7 Å². The lowest BCUT2D eigenvalue weighted by Gasteiger charge is -2.14. The predicted molar refractivity (Wildman–Crippen MR) is 90.7 cm³/mol. The molecule has 0 aromatic heterocycles. The Morgan fingerprint density at radius 3 is 2.29 bits per heavy atom. The molecule has 0 bridgehead atoms. The summed E-state index contributed by atoms with van der Waals surface area (Å²) in [5.41, 5.74) is 1.69. The molecule has 1 atom stereocenters. The Balaban J connectivity index is 1.85. The minimum absolute atomic E-state index is 0.0892. The number of hydrogen-bond donors (Lipinski definition) is 2. The van der Waals surface area contributed by atoms with Gasteiger partial charge in [0.05, 0.1) is 6.61 Å². The van der Waals surface area contributed by atoms with Gasteiger partial charge in [0.15, 0.2) is 6.04 Å². The molecular formula is C19H19NO4. The van der Waals surface area contributed by atoms with E-state index >= 15 is 0 Å². The summed E-state index contributed by atoms with van der Waals surface area (Å²) in [4.78, 5) is 23.8. The third kappa shape index (κ3) is 5.70. The van der Waals surface area contributed by atoms with Crippen molar-refractivity contribution in [2.24, 2.45) is 0 Å². The number of aliphatic hydroxyl groups excluding tert-OH is 1. The highest BCUT2D eigenvalue weighted by Gasteiger charge is 2.20. The van der Waals surface area contributed by atoms with Gasteiger partial charge in [-0.15, -0.1) is 0 Å². The number of rotatable bonds is 7. The summed E-state index contributed by atoms with van der Waals surface area (Å²) >= 11 is 0. The smallest absolute Gasteiger partial charge is 0.331 e. The maximum absolute atomic E-state index is 11.9. The second-order valence-electron chi connectivity index (χ2n) is 5.08. The maximum Gasteiger partial charge on any atom is 0.331 e. The van der Waals surface area contributed by atoms with Crippen LogP contribution < -0.4 is 5.32 Å². The number of amides is 1. The summed E-state index contributed by atoms with van der Waals surface area (Å²) in [7, 11) is 0. The Labute approximate surface area is 140 Å². The first-order valence-electron chi connectivity index (χ1n) is 7.54. The van der Waals surface area contributed by atoms with Crippen molar-refractivity contribution in [2.75, 3.05) is 6.61 Å². The Hall–Kier alpha value is -2.92. The molecule has 2 aromatic carbocycles. The molecule has 0 saturated heterocycles. The average Bonchev–Trinajstić information content (AvgIpc) is 2.64. The van der Waals surface area contributed by atoms with Gasteiger partial charge in [-0.25, -0.2) is 4.79 Å². The molecule has 5 nitrogen and oxygen atoms in total. The lowest BCUT2D eigenvalue weighted by atomic mass is 10.2. The van der Waals surface area contributed by atoms with Crippen molar-refractivity contribution < 1.29 is 19.4 Å². The Morgan fingerprint density at radius 1 is 1.04 bits per heavy atom. The van der Waals surface area contributed by atoms with Gasteiger partial charge >= 0.3 is 5.97 Å². The summed E-state index contributed by atoms with van der Waals surface area (Å²) < 4.78 is 5.11. The van der Waals surface area contributed by atoms with Gasteiger partial charge in [-0.2, -0.15) is 0 Å². The third-order valence-electron chi connectivity index (χ3n) is 3.23. The molecular weight excluding hydrogens is 306 g/mol. The highest BCUT2D eigenvalue weighted by Crippen LogP contribution is 2.03. The molecule has 124 valence electrons. The summed E-state index contributed by atoms with van der Waals surface area (Å²) in [6.07, 6.45) is 2.93. The zero-order valence-corrected chi connectivity index (χ0v) is 13.1. The van der Waals surface area contributed by atoms with E-state index in [9.17, 15) is 14.7 Å². The highest BCUT2D eigenvalue weighted by atomic mass is 16.5. The van der Waals surface area contributed by atoms with Crippen molar-refractivity contribution in [2.45, 2.75) is 12.6 Å². The first-order valence-corrected chi connectivity index (χ1v) is 7.54. The van der Waals surface area contributed by atoms with E-state index in [0.717, 1.165) is 11.1 Å². The molecule has 0 spiro atoms. The molecule has 5 heteroatoms. The van der Waals surface area contributed by atoms with Crippen LogP contribution in [0.5, 0.6) is 0 Å². The van der Waals surface area contributed by atoms with Gasteiger partial charge in [0, 0.05) is 6.08 Å². The minimum atomic E-state index is -1.10. The van der Waals surface area contributed by atoms with Crippen molar-refractivity contribution in [3.63, 3.8) is 0 Å². The average molecular weight is 325 g/mol. The van der Waals surface area contributed by atoms with E-state index in [-0.39, 0.29) is 6.61 Å². The van der Waals surface area contributed by atoms with Crippen molar-refractivity contribution in [1.82, 2.24) is 5.32 Å². The van der Waals surface area contributed by atoms with Crippen LogP contribution in [-0.4, -0.2) is 29.6 Å². The Kier molecular flexibility index (Phi) is 6.73. The molecule has 24 heavy (non-hydrogen) atoms. The fourth-order valence-corrected chi connectivity index (χ4v) is 1.96. The fourth-order valence-electron chi connectivity index (χ4n) is 1.96. The predicted octanol–water partition coefficient (Wildman–Crippen LogP) is 1.92. The first kappa shape index (κ1) is 17.4. The van der Waals surface area contributed by atoms with E-state index < -0.39 is 24.5 Å². The molecule has 2 aromatic rings. The second-order valence-corrected chi connectivity index (χ2v) is 5.08. The number of carbonyl (C=O) groups excluding carboxylic acids is 2. The van der Waals surface area contributed by atoms with Crippen LogP contribution in [0.4, 0.5) is 0 Å². The zero-order valence-electron chi connectivity index (χ0n) is 13.1. The van der Waals surface area contributed by atoms with Crippen LogP contribution in [0.3, 0.4) is 0 Å². The molecule has 0 saturated carbocycles. The van der Waals surface area contributed by atoms with E-state index in [1.54, 1.807) is 6.08 Å². The monoisotopic (exact) mass is 325 g/mol. The number of hydrogen-bond acceptors (Lipinski definition) is 4. The van der Waals surface area contributed by atoms with Crippen molar-refractivity contribution in [3.05, 3.63) is 77.9 Å². The SMILES string of the molecule is O=C(/C=C/c1ccccc1)NC(CO)C(=O)OCc1ccccc1. The number of carbonyl (C=O) groups is 2. The second kappa shape index (κ2) is 9.27. The quantitative estimate of drug-likeness (QED) is 0.602. The van der Waals surface area contributed by atoms with Gasteiger partial charge in [0.2, 0.25) is 5.91 Å². The Bertz CT molecular complexity index is 683. The van der Waals surface area contributed by atoms with Crippen LogP contribution >= 0.6 is 0 Å². The molecule has 1 unspecified atom stereocenters. The molecule has 0 heterocycles. The van der Waals surface area contributed by atoms with Gasteiger partial charge in [-0.1, -0.05) is 60.7 Å². The molecule has 2 rings (SSSR count). The van der Waals surface area contributed by atoms with Crippen LogP contribution in [0.15, 0.2) is 66.7 Å². The third-order valence-corrected chi connectivity index (χ3v) is 3.23. The van der Waals surface area contributed by atoms with Gasteiger partial charge in [0.1, 0.15) is 6.61 Å². The van der Waals surface area contributed by atoms with Crippen LogP contribution in [-0.2, 0) is 20.9 Å². The largest absolute Gasteiger partial charge is 0.459 e. The highest BCUT2D eigenvalue weighted by molar-refractivity contribution is 5.94. The number of benzene rings is 2. The van der Waals surface area contributed by atoms with E-state index in [1.165, 1.54) is 6.08 Å². The zero-order chi connectivity index (χ0) is 17.2. The Morgan fingerprint density at radius 2 is 1.67 bits per heavy atom. The summed E-state index contributed by atoms with van der Waals surface area (Å²) in [6.45, 7) is -0.440. The van der Waals surface area contributed by atoms with E-state index in [0.29, 0.717) is 0 Å². The lowest BCUT2D eigenvalue weighted by Crippen LogP contribution is -2.43. The fraction of sp³-hybridized carbons (Fsp3) is 0.158. The van der Waals surface area contributed by atoms with Crippen molar-refractivity contribution in [3.8, 4) is 0 Å². The molecule has 0 aliphatic heterocycles. The van der Waals surface area contributed by atoms with Crippen LogP contribution in [0, 0.1) is 0 Å². The first-order chi connectivity index (χ1) is 11.7. The van der Waals surface area contributed by atoms with Crippen molar-refractivity contribution >= 4 is 18.0 Å². The van der Waals surface area contributed by atoms with E-state index in [4.69, 9.17) is 4.74 Å². The number of esters is 1. The van der Waals surface area contributed by atoms with Gasteiger partial charge in [0.25, 0.3) is 0 Å². The summed E-state index contributed by atoms with van der Waals surface area (Å²) in [5.74, 6) is -1.16. The van der Waals surface area contributed by atoms with Gasteiger partial charge in [-0.3, -0.25) is 4.79 Å². The molecule has 0 radical (unpaired) electrons. The number of nitrogens with one attached hydrogen (secondary N) is 1. The minimum Gasteiger partial charge on any atom is -0.459 e. The van der Waals surface area contributed by atoms with Gasteiger partial charge < -0.3 is 15.2 Å². The topological polar surface area (TPSA) is 75.6 Å². The maximum atomic E-state index is 11.9. The van der Waals surface area contributed by atoms with E-state index in [2.05, 4.69) is 5.32 Å². The molecule has 0 fully saturated rings. The molecule has 1 amide bonds. The summed E-state index contributed by atoms with van der Waals surface area (Å²) in [5, 5.41) is 11.7. The van der Waals surface area contributed by atoms with Crippen LogP contribution in [0.1, 0.15) is 11.1 Å². The number of aliphatic hydroxyl groups is 1. The normalized spacial score (nSPS) is 11.9. The van der Waals surface area contributed by atoms with Gasteiger partial charge in [-0.05, 0) is 17.2 Å². The standard InChI is InChI=1S/C19H19NO4/c21-13-17(19(23)24-14-16-9-5-2-6-10-16)20-18(22)12-11-15-7-3-1-4-8-15/h1-12,17,21H,13-14H2,(H,20,22)/b12-11+. The molecule has 0 aliphatic rings. The number of ether oxygens (including phenoxy) is 1. The van der Waals surface area contributed by atoms with Crippen molar-refractivity contribution in [1.29, 1.82) is 0 Å². The molecule has 0 aliphatic carbocycles. The lowest BCUT2D eigenvalue weighted by molar-refractivity contribution is -0.149. The van der Waals surface area contributed by atoms with Crippen LogP contribution in [0.25, 0.3) is 6.08 Å². The molecule has 2 N–H and O–H groups in total. The van der Waals surface area contributed by atoms with Crippen LogP contribution in [0.2, 0.25) is 0 Å². The summed E-state index contributed by atoms with van der Waals surface area (Å²) in [6, 6.07) is 17.4.